The summed E-state index contributed by atoms with van der Waals surface area (Å²) in [5, 5.41) is 0. The number of rotatable bonds is 4. The van der Waals surface area contributed by atoms with Crippen LogP contribution in [-0.4, -0.2) is 50.3 Å². The summed E-state index contributed by atoms with van der Waals surface area (Å²) >= 11 is -2.36. The van der Waals surface area contributed by atoms with Crippen LogP contribution in [0.4, 0.5) is 0 Å². The van der Waals surface area contributed by atoms with Crippen molar-refractivity contribution in [3.8, 4) is 0 Å². The minimum Gasteiger partial charge on any atom is -0.467 e. The van der Waals surface area contributed by atoms with Crippen molar-refractivity contribution >= 4 is 28.9 Å². The second kappa shape index (κ2) is 5.51. The number of nitrogens with zero attached hydrogens (tertiary/aromatic N) is 1. The number of carbonyl (C=O) groups is 3. The van der Waals surface area contributed by atoms with E-state index in [1.807, 2.05) is 0 Å². The van der Waals surface area contributed by atoms with Gasteiger partial charge < -0.3 is 9.29 Å². The van der Waals surface area contributed by atoms with Gasteiger partial charge in [-0.1, -0.05) is 12.1 Å². The van der Waals surface area contributed by atoms with E-state index >= 15 is 0 Å². The zero-order chi connectivity index (χ0) is 14.9. The van der Waals surface area contributed by atoms with Gasteiger partial charge in [0.2, 0.25) is 0 Å². The number of imide groups is 1. The fourth-order valence-corrected chi connectivity index (χ4v) is 2.57. The highest BCUT2D eigenvalue weighted by Gasteiger charge is 2.43. The van der Waals surface area contributed by atoms with Crippen molar-refractivity contribution in [1.29, 1.82) is 0 Å². The minimum atomic E-state index is -2.36. The summed E-state index contributed by atoms with van der Waals surface area (Å²) in [4.78, 5) is 36.7. The molecule has 7 nitrogen and oxygen atoms in total. The Morgan fingerprint density at radius 2 is 1.80 bits per heavy atom. The second-order valence-corrected chi connectivity index (χ2v) is 5.03. The van der Waals surface area contributed by atoms with Gasteiger partial charge in [-0.05, 0) is 12.1 Å². The maximum atomic E-state index is 12.2. The molecule has 0 spiro atoms. The monoisotopic (exact) mass is 297 g/mol. The van der Waals surface area contributed by atoms with Gasteiger partial charge in [0.15, 0.2) is 17.1 Å². The first kappa shape index (κ1) is 14.4. The van der Waals surface area contributed by atoms with Crippen molar-refractivity contribution < 1.29 is 27.9 Å². The van der Waals surface area contributed by atoms with E-state index in [4.69, 9.17) is 4.55 Å². The molecular formula is C12H11NO6S. The topological polar surface area (TPSA) is 101 Å². The molecule has 8 heteroatoms. The summed E-state index contributed by atoms with van der Waals surface area (Å²) in [7, 11) is 1.08. The molecule has 2 amide bonds. The maximum absolute atomic E-state index is 12.2. The third kappa shape index (κ3) is 2.35. The van der Waals surface area contributed by atoms with Gasteiger partial charge in [-0.25, -0.2) is 9.00 Å². The Morgan fingerprint density at radius 1 is 1.30 bits per heavy atom. The van der Waals surface area contributed by atoms with Crippen LogP contribution in [-0.2, 0) is 20.6 Å². The average Bonchev–Trinajstić information content (AvgIpc) is 2.68. The van der Waals surface area contributed by atoms with Crippen LogP contribution in [0.1, 0.15) is 20.7 Å². The van der Waals surface area contributed by atoms with Crippen LogP contribution in [0.3, 0.4) is 0 Å². The number of ether oxygens (including phenoxy) is 1. The van der Waals surface area contributed by atoms with Crippen molar-refractivity contribution in [2.75, 3.05) is 12.9 Å². The zero-order valence-corrected chi connectivity index (χ0v) is 11.3. The minimum absolute atomic E-state index is 0.162. The molecule has 1 aliphatic rings. The lowest BCUT2D eigenvalue weighted by Crippen LogP contribution is -2.48. The number of amides is 2. The van der Waals surface area contributed by atoms with Gasteiger partial charge in [-0.15, -0.1) is 0 Å². The number of esters is 1. The molecule has 1 N–H and O–H groups in total. The fourth-order valence-electron chi connectivity index (χ4n) is 2.01. The quantitative estimate of drug-likeness (QED) is 0.478. The number of benzene rings is 1. The Morgan fingerprint density at radius 3 is 2.20 bits per heavy atom. The molecule has 0 aromatic heterocycles. The normalized spacial score (nSPS) is 16.8. The molecular weight excluding hydrogens is 286 g/mol. The molecule has 20 heavy (non-hydrogen) atoms. The van der Waals surface area contributed by atoms with E-state index < -0.39 is 40.7 Å². The highest BCUT2D eigenvalue weighted by molar-refractivity contribution is 7.79. The highest BCUT2D eigenvalue weighted by atomic mass is 32.2. The summed E-state index contributed by atoms with van der Waals surface area (Å²) in [6.45, 7) is 0. The molecule has 1 heterocycles. The van der Waals surface area contributed by atoms with E-state index in [2.05, 4.69) is 4.74 Å². The molecule has 2 unspecified atom stereocenters. The van der Waals surface area contributed by atoms with Crippen LogP contribution in [0.2, 0.25) is 0 Å². The molecule has 1 aromatic rings. The standard InChI is InChI=1S/C12H11NO6S/c1-19-12(16)9(6-20(17)18)13-10(14)7-4-2-3-5-8(7)11(13)15/h2-5,9H,6H2,1H3,(H,17,18). The van der Waals surface area contributed by atoms with E-state index in [9.17, 15) is 18.6 Å². The van der Waals surface area contributed by atoms with Gasteiger partial charge in [0.25, 0.3) is 11.8 Å². The molecule has 1 aromatic carbocycles. The van der Waals surface area contributed by atoms with Crippen LogP contribution >= 0.6 is 0 Å². The van der Waals surface area contributed by atoms with Crippen molar-refractivity contribution in [3.63, 3.8) is 0 Å². The summed E-state index contributed by atoms with van der Waals surface area (Å²) in [6, 6.07) is 4.67. The maximum Gasteiger partial charge on any atom is 0.330 e. The van der Waals surface area contributed by atoms with Crippen molar-refractivity contribution in [3.05, 3.63) is 35.4 Å². The average molecular weight is 297 g/mol. The Hall–Kier alpha value is -2.06. The van der Waals surface area contributed by atoms with Crippen LogP contribution in [0, 0.1) is 0 Å². The van der Waals surface area contributed by atoms with Gasteiger partial charge in [0.1, 0.15) is 0 Å². The Kier molecular flexibility index (Phi) is 3.96. The largest absolute Gasteiger partial charge is 0.467 e. The lowest BCUT2D eigenvalue weighted by molar-refractivity contribution is -0.144. The second-order valence-electron chi connectivity index (χ2n) is 4.05. The third-order valence-corrected chi connectivity index (χ3v) is 3.51. The van der Waals surface area contributed by atoms with E-state index in [0.29, 0.717) is 4.90 Å². The van der Waals surface area contributed by atoms with Crippen LogP contribution in [0.25, 0.3) is 0 Å². The van der Waals surface area contributed by atoms with Gasteiger partial charge in [-0.3, -0.25) is 14.5 Å². The molecule has 2 rings (SSSR count). The summed E-state index contributed by atoms with van der Waals surface area (Å²) in [5.74, 6) is -2.85. The van der Waals surface area contributed by atoms with Crippen molar-refractivity contribution in [2.24, 2.45) is 0 Å². The first-order valence-corrected chi connectivity index (χ1v) is 6.87. The molecule has 0 bridgehead atoms. The first-order chi connectivity index (χ1) is 9.47. The van der Waals surface area contributed by atoms with Crippen LogP contribution in [0.5, 0.6) is 0 Å². The Balaban J connectivity index is 2.41. The summed E-state index contributed by atoms with van der Waals surface area (Å²) in [5.41, 5.74) is 0.324. The first-order valence-electron chi connectivity index (χ1n) is 5.59. The molecule has 106 valence electrons. The van der Waals surface area contributed by atoms with E-state index in [1.165, 1.54) is 12.1 Å². The lowest BCUT2D eigenvalue weighted by atomic mass is 10.1. The van der Waals surface area contributed by atoms with Gasteiger partial charge in [0.05, 0.1) is 24.0 Å². The zero-order valence-electron chi connectivity index (χ0n) is 10.4. The van der Waals surface area contributed by atoms with Gasteiger partial charge in [-0.2, -0.15) is 0 Å². The van der Waals surface area contributed by atoms with E-state index in [-0.39, 0.29) is 11.1 Å². The van der Waals surface area contributed by atoms with Crippen LogP contribution in [0.15, 0.2) is 24.3 Å². The Labute approximate surface area is 116 Å². The highest BCUT2D eigenvalue weighted by Crippen LogP contribution is 2.25. The van der Waals surface area contributed by atoms with E-state index in [1.54, 1.807) is 12.1 Å². The molecule has 0 aliphatic carbocycles. The smallest absolute Gasteiger partial charge is 0.330 e. The predicted molar refractivity (Wildman–Crippen MR) is 68.4 cm³/mol. The molecule has 1 aliphatic heterocycles. The lowest BCUT2D eigenvalue weighted by Gasteiger charge is -2.22. The fraction of sp³-hybridized carbons (Fsp3) is 0.250. The van der Waals surface area contributed by atoms with Gasteiger partial charge >= 0.3 is 5.97 Å². The summed E-state index contributed by atoms with van der Waals surface area (Å²) < 4.78 is 24.3. The molecule has 0 fully saturated rings. The SMILES string of the molecule is COC(=O)C(CS(=O)O)N1C(=O)c2ccccc2C1=O. The van der Waals surface area contributed by atoms with Crippen molar-refractivity contribution in [2.45, 2.75) is 6.04 Å². The number of hydrogen-bond acceptors (Lipinski definition) is 5. The Bertz CT molecular complexity index is 579. The number of fused-ring (bicyclic) bond motifs is 1. The molecule has 2 atom stereocenters. The number of methoxy groups -OCH3 is 1. The van der Waals surface area contributed by atoms with Gasteiger partial charge in [0, 0.05) is 0 Å². The molecule has 0 saturated heterocycles. The van der Waals surface area contributed by atoms with Crippen LogP contribution < -0.4 is 0 Å². The van der Waals surface area contributed by atoms with E-state index in [0.717, 1.165) is 7.11 Å². The third-order valence-electron chi connectivity index (χ3n) is 2.91. The van der Waals surface area contributed by atoms with Crippen molar-refractivity contribution in [1.82, 2.24) is 4.90 Å². The summed E-state index contributed by atoms with van der Waals surface area (Å²) in [6.07, 6.45) is 0. The predicted octanol–water partition coefficient (Wildman–Crippen LogP) is 0.0459. The molecule has 0 saturated carbocycles. The number of hydrogen-bond donors (Lipinski definition) is 1. The number of carbonyl (C=O) groups excluding carboxylic acids is 3. The molecule has 0 radical (unpaired) electrons.